The number of pyridine rings is 1. The molecule has 5 aromatic carbocycles. The van der Waals surface area contributed by atoms with Gasteiger partial charge < -0.3 is 48.7 Å². The molecule has 0 radical (unpaired) electrons. The number of nitrogens with two attached hydrogens (primary N) is 2. The first-order valence-electron chi connectivity index (χ1n) is 19.0. The van der Waals surface area contributed by atoms with Crippen LogP contribution in [0.2, 0.25) is 0 Å². The van der Waals surface area contributed by atoms with Crippen molar-refractivity contribution >= 4 is 50.1 Å². The Morgan fingerprint density at radius 2 is 1.13 bits per heavy atom. The molecule has 0 saturated heterocycles. The zero-order chi connectivity index (χ0) is 42.1. The van der Waals surface area contributed by atoms with Crippen LogP contribution in [0.15, 0.2) is 125 Å². The second kappa shape index (κ2) is 16.5. The van der Waals surface area contributed by atoms with Crippen LogP contribution in [0, 0.1) is 0 Å². The molecule has 60 heavy (non-hydrogen) atoms. The molecule has 0 amide bonds. The lowest BCUT2D eigenvalue weighted by Crippen LogP contribution is -2.36. The van der Waals surface area contributed by atoms with Gasteiger partial charge in [0.2, 0.25) is 0 Å². The standard InChI is InChI=1S/C47H41N3O10/c1-54-36-22-29(15-16-34(36)58-45(51)32(48)19-26-11-7-5-8-12-26)41-42-31-24-39(57-4)40(60-46(52)33(49)20-27-13-9-6-10-14-27)25-35(31)59-47(53)44(42)50-18-17-28-21-37(55-2)38(56-3)23-30(28)43(41)50/h5-18,21-25,32-33H,19-20,48-49H2,1-4H3/t32-,33-/m0/s1. The van der Waals surface area contributed by atoms with Crippen molar-refractivity contribution in [2.24, 2.45) is 11.5 Å². The molecule has 0 spiro atoms. The highest BCUT2D eigenvalue weighted by Crippen LogP contribution is 2.46. The number of carbonyl (C=O) groups is 2. The molecule has 0 unspecified atom stereocenters. The van der Waals surface area contributed by atoms with Gasteiger partial charge in [0.05, 0.1) is 34.0 Å². The normalized spacial score (nSPS) is 12.4. The quantitative estimate of drug-likeness (QED) is 0.0694. The van der Waals surface area contributed by atoms with Crippen LogP contribution in [-0.4, -0.2) is 56.9 Å². The molecule has 8 rings (SSSR count). The molecule has 2 atom stereocenters. The van der Waals surface area contributed by atoms with Gasteiger partial charge in [-0.3, -0.25) is 0 Å². The van der Waals surface area contributed by atoms with Gasteiger partial charge in [-0.1, -0.05) is 66.7 Å². The molecule has 13 nitrogen and oxygen atoms in total. The minimum absolute atomic E-state index is 0.0203. The molecule has 0 bridgehead atoms. The monoisotopic (exact) mass is 807 g/mol. The Morgan fingerprint density at radius 1 is 0.600 bits per heavy atom. The lowest BCUT2D eigenvalue weighted by Gasteiger charge is -2.15. The molecule has 304 valence electrons. The number of benzene rings is 5. The number of esters is 2. The number of methoxy groups -OCH3 is 4. The molecule has 3 aromatic heterocycles. The first-order chi connectivity index (χ1) is 29.1. The summed E-state index contributed by atoms with van der Waals surface area (Å²) in [6.07, 6.45) is 2.31. The number of aromatic nitrogens is 1. The van der Waals surface area contributed by atoms with Crippen LogP contribution in [0.25, 0.3) is 49.3 Å². The van der Waals surface area contributed by atoms with Gasteiger partial charge in [0.25, 0.3) is 0 Å². The van der Waals surface area contributed by atoms with E-state index < -0.39 is 29.6 Å². The van der Waals surface area contributed by atoms with E-state index in [0.29, 0.717) is 38.9 Å². The summed E-state index contributed by atoms with van der Waals surface area (Å²) in [6.45, 7) is 0. The maximum absolute atomic E-state index is 14.2. The first-order valence-corrected chi connectivity index (χ1v) is 19.0. The van der Waals surface area contributed by atoms with E-state index in [1.165, 1.54) is 20.3 Å². The molecule has 13 heteroatoms. The predicted octanol–water partition coefficient (Wildman–Crippen LogP) is 7.00. The highest BCUT2D eigenvalue weighted by Gasteiger charge is 2.27. The number of fused-ring (bicyclic) bond motifs is 7. The van der Waals surface area contributed by atoms with Crippen molar-refractivity contribution < 1.29 is 42.4 Å². The number of hydrogen-bond acceptors (Lipinski definition) is 12. The molecule has 8 aromatic rings. The highest BCUT2D eigenvalue weighted by molar-refractivity contribution is 6.22. The van der Waals surface area contributed by atoms with Gasteiger partial charge in [-0.2, -0.15) is 0 Å². The van der Waals surface area contributed by atoms with Crippen LogP contribution in [0.3, 0.4) is 0 Å². The van der Waals surface area contributed by atoms with Gasteiger partial charge in [0, 0.05) is 34.0 Å². The molecule has 0 aliphatic rings. The first kappa shape index (κ1) is 39.5. The molecular formula is C47H41N3O10. The van der Waals surface area contributed by atoms with Gasteiger partial charge in [-0.15, -0.1) is 0 Å². The average molecular weight is 808 g/mol. The van der Waals surface area contributed by atoms with E-state index in [1.807, 2.05) is 78.9 Å². The zero-order valence-electron chi connectivity index (χ0n) is 33.2. The summed E-state index contributed by atoms with van der Waals surface area (Å²) in [7, 11) is 6.01. The Hall–Kier alpha value is -7.35. The lowest BCUT2D eigenvalue weighted by atomic mass is 9.97. The Bertz CT molecular complexity index is 2980. The van der Waals surface area contributed by atoms with Gasteiger partial charge >= 0.3 is 17.6 Å². The van der Waals surface area contributed by atoms with Crippen LogP contribution < -0.4 is 45.5 Å². The lowest BCUT2D eigenvalue weighted by molar-refractivity contribution is -0.136. The maximum Gasteiger partial charge on any atom is 0.361 e. The van der Waals surface area contributed by atoms with Crippen LogP contribution in [0.4, 0.5) is 0 Å². The zero-order valence-corrected chi connectivity index (χ0v) is 33.2. The van der Waals surface area contributed by atoms with E-state index in [9.17, 15) is 14.4 Å². The summed E-state index contributed by atoms with van der Waals surface area (Å²) in [5, 5.41) is 2.49. The molecule has 0 fully saturated rings. The summed E-state index contributed by atoms with van der Waals surface area (Å²) in [6, 6.07) is 30.6. The maximum atomic E-state index is 14.2. The third-order valence-corrected chi connectivity index (χ3v) is 10.4. The van der Waals surface area contributed by atoms with Crippen molar-refractivity contribution in [2.45, 2.75) is 24.9 Å². The van der Waals surface area contributed by atoms with Gasteiger partial charge in [-0.25, -0.2) is 14.4 Å². The number of ether oxygens (including phenoxy) is 6. The number of nitrogens with zero attached hydrogens (tertiary/aromatic N) is 1. The summed E-state index contributed by atoms with van der Waals surface area (Å²) in [5.74, 6) is 0.272. The molecule has 3 heterocycles. The summed E-state index contributed by atoms with van der Waals surface area (Å²) in [4.78, 5) is 40.7. The Kier molecular flexibility index (Phi) is 10.8. The van der Waals surface area contributed by atoms with Crippen LogP contribution in [0.5, 0.6) is 34.5 Å². The molecule has 0 saturated carbocycles. The Morgan fingerprint density at radius 3 is 1.73 bits per heavy atom. The predicted molar refractivity (Wildman–Crippen MR) is 228 cm³/mol. The van der Waals surface area contributed by atoms with E-state index in [-0.39, 0.29) is 46.9 Å². The van der Waals surface area contributed by atoms with Crippen molar-refractivity contribution in [1.29, 1.82) is 0 Å². The van der Waals surface area contributed by atoms with E-state index in [2.05, 4.69) is 0 Å². The fraction of sp³-hybridized carbons (Fsp3) is 0.170. The number of hydrogen-bond donors (Lipinski definition) is 2. The third kappa shape index (κ3) is 7.31. The van der Waals surface area contributed by atoms with Crippen LogP contribution in [-0.2, 0) is 22.4 Å². The van der Waals surface area contributed by atoms with Crippen molar-refractivity contribution in [3.05, 3.63) is 137 Å². The SMILES string of the molecule is COc1cc2ccn3c(c(-c4ccc(OC(=O)[C@@H](N)Cc5ccccc5)c(OC)c4)c4c5cc(OC)c(OC(=O)[C@@H](N)Cc6ccccc6)cc5oc(=O)c43)c2cc1OC. The molecule has 0 aliphatic carbocycles. The fourth-order valence-electron chi connectivity index (χ4n) is 7.53. The van der Waals surface area contributed by atoms with Crippen LogP contribution >= 0.6 is 0 Å². The summed E-state index contributed by atoms with van der Waals surface area (Å²) < 4.78 is 42.2. The minimum atomic E-state index is -0.980. The van der Waals surface area contributed by atoms with E-state index in [1.54, 1.807) is 49.1 Å². The smallest absolute Gasteiger partial charge is 0.361 e. The number of rotatable bonds is 13. The molecule has 0 aliphatic heterocycles. The third-order valence-electron chi connectivity index (χ3n) is 10.4. The van der Waals surface area contributed by atoms with Crippen molar-refractivity contribution in [2.75, 3.05) is 28.4 Å². The Labute approximate surface area is 343 Å². The summed E-state index contributed by atoms with van der Waals surface area (Å²) in [5.41, 5.74) is 15.8. The molecular weight excluding hydrogens is 767 g/mol. The average Bonchev–Trinajstić information content (AvgIpc) is 3.63. The second-order valence-corrected chi connectivity index (χ2v) is 14.1. The minimum Gasteiger partial charge on any atom is -0.493 e. The second-order valence-electron chi connectivity index (χ2n) is 14.1. The highest BCUT2D eigenvalue weighted by atomic mass is 16.6. The van der Waals surface area contributed by atoms with Gasteiger partial charge in [-0.05, 0) is 71.3 Å². The van der Waals surface area contributed by atoms with Crippen molar-refractivity contribution in [1.82, 2.24) is 4.40 Å². The fourth-order valence-corrected chi connectivity index (χ4v) is 7.53. The van der Waals surface area contributed by atoms with Gasteiger partial charge in [0.1, 0.15) is 23.2 Å². The van der Waals surface area contributed by atoms with Crippen molar-refractivity contribution in [3.63, 3.8) is 0 Å². The Balaban J connectivity index is 1.31. The van der Waals surface area contributed by atoms with Crippen LogP contribution in [0.1, 0.15) is 11.1 Å². The van der Waals surface area contributed by atoms with Crippen molar-refractivity contribution in [3.8, 4) is 45.6 Å². The summed E-state index contributed by atoms with van der Waals surface area (Å²) >= 11 is 0. The van der Waals surface area contributed by atoms with E-state index in [0.717, 1.165) is 21.9 Å². The largest absolute Gasteiger partial charge is 0.493 e. The van der Waals surface area contributed by atoms with E-state index >= 15 is 0 Å². The number of carbonyl (C=O) groups excluding carboxylic acids is 2. The van der Waals surface area contributed by atoms with Gasteiger partial charge in [0.15, 0.2) is 34.5 Å². The molecule has 4 N–H and O–H groups in total. The van der Waals surface area contributed by atoms with E-state index in [4.69, 9.17) is 44.3 Å². The topological polar surface area (TPSA) is 176 Å².